The van der Waals surface area contributed by atoms with E-state index in [4.69, 9.17) is 15.0 Å². The van der Waals surface area contributed by atoms with E-state index >= 15 is 0 Å². The van der Waals surface area contributed by atoms with Gasteiger partial charge in [-0.1, -0.05) is 0 Å². The van der Waals surface area contributed by atoms with Gasteiger partial charge in [0.2, 0.25) is 0 Å². The molecule has 0 bridgehead atoms. The third-order valence-corrected chi connectivity index (χ3v) is 4.20. The predicted molar refractivity (Wildman–Crippen MR) is 80.7 cm³/mol. The summed E-state index contributed by atoms with van der Waals surface area (Å²) in [6.07, 6.45) is 1.60. The van der Waals surface area contributed by atoms with Crippen molar-refractivity contribution in [1.29, 1.82) is 0 Å². The molecular weight excluding hydrogens is 342 g/mol. The van der Waals surface area contributed by atoms with Crippen LogP contribution in [0.5, 0.6) is 0 Å². The molecule has 1 fully saturated rings. The summed E-state index contributed by atoms with van der Waals surface area (Å²) in [6.45, 7) is -0.192. The number of ether oxygens (including phenoxy) is 1. The number of anilines is 1. The minimum absolute atomic E-state index is 0.0315. The average molecular weight is 355 g/mol. The van der Waals surface area contributed by atoms with Gasteiger partial charge in [-0.05, 0) is 0 Å². The normalized spacial score (nSPS) is 23.2. The van der Waals surface area contributed by atoms with Gasteiger partial charge in [-0.25, -0.2) is 0 Å². The predicted octanol–water partition coefficient (Wildman–Crippen LogP) is -0.220. The van der Waals surface area contributed by atoms with E-state index in [0.29, 0.717) is 18.5 Å². The van der Waals surface area contributed by atoms with E-state index in [9.17, 15) is 14.3 Å². The van der Waals surface area contributed by atoms with Gasteiger partial charge in [-0.2, -0.15) is 0 Å². The van der Waals surface area contributed by atoms with Crippen LogP contribution in [0.3, 0.4) is 0 Å². The number of rotatable bonds is 6. The Hall–Kier alpha value is -2.08. The van der Waals surface area contributed by atoms with Crippen LogP contribution < -0.4 is 11.3 Å². The van der Waals surface area contributed by atoms with Crippen molar-refractivity contribution < 1.29 is 23.3 Å². The third-order valence-electron chi connectivity index (χ3n) is 3.42. The molecule has 1 aliphatic heterocycles. The monoisotopic (exact) mass is 355 g/mol. The quantitative estimate of drug-likeness (QED) is 0.360. The Balaban J connectivity index is 1.71. The topological polar surface area (TPSA) is 167 Å². The summed E-state index contributed by atoms with van der Waals surface area (Å²) in [4.78, 5) is 31.4. The van der Waals surface area contributed by atoms with E-state index in [1.807, 2.05) is 0 Å². The second kappa shape index (κ2) is 6.44. The Labute approximate surface area is 135 Å². The van der Waals surface area contributed by atoms with Gasteiger partial charge in [0.15, 0.2) is 0 Å². The Morgan fingerprint density at radius 2 is 2.42 bits per heavy atom. The number of phosphoric acid groups is 1. The van der Waals surface area contributed by atoms with Gasteiger partial charge in [-0.3, -0.25) is 9.78 Å². The van der Waals surface area contributed by atoms with Crippen LogP contribution in [-0.2, 0) is 18.5 Å². The fourth-order valence-corrected chi connectivity index (χ4v) is 2.95. The number of nitrogens with two attached hydrogens (primary N) is 1. The van der Waals surface area contributed by atoms with Crippen LogP contribution in [0.2, 0.25) is 0 Å². The zero-order valence-corrected chi connectivity index (χ0v) is 13.1. The number of hydrogen-bond acceptors (Lipinski definition) is 9. The Morgan fingerprint density at radius 3 is 3.17 bits per heavy atom. The van der Waals surface area contributed by atoms with Crippen LogP contribution in [0.25, 0.3) is 11.2 Å². The molecule has 0 spiro atoms. The molecule has 1 saturated heterocycles. The van der Waals surface area contributed by atoms with E-state index < -0.39 is 25.7 Å². The van der Waals surface area contributed by atoms with Gasteiger partial charge in [-0.15, -0.1) is 0 Å². The Kier molecular flexibility index (Phi) is 4.50. The molecule has 1 aliphatic rings. The molecule has 3 heterocycles. The maximum absolute atomic E-state index is 11.8. The number of phosphoric ester groups is 1. The number of aromatic nitrogens is 4. The molecule has 0 aliphatic carbocycles. The number of hydrogen-bond donors (Lipinski definition) is 3. The summed E-state index contributed by atoms with van der Waals surface area (Å²) in [5.74, 6) is -0.0315. The summed E-state index contributed by atoms with van der Waals surface area (Å²) < 4.78 is 27.4. The van der Waals surface area contributed by atoms with Crippen LogP contribution in [0, 0.1) is 0 Å². The van der Waals surface area contributed by atoms with E-state index in [1.54, 1.807) is 4.57 Å². The fourth-order valence-electron chi connectivity index (χ4n) is 2.43. The van der Waals surface area contributed by atoms with Crippen molar-refractivity contribution in [3.8, 4) is 0 Å². The second-order valence-corrected chi connectivity index (χ2v) is 6.38. The van der Waals surface area contributed by atoms with Crippen LogP contribution in [0.4, 0.5) is 5.95 Å². The molecule has 2 aromatic rings. The molecule has 1 unspecified atom stereocenters. The summed E-state index contributed by atoms with van der Waals surface area (Å²) in [7, 11) is 0.323. The molecule has 12 nitrogen and oxygen atoms in total. The van der Waals surface area contributed by atoms with E-state index in [2.05, 4.69) is 32.3 Å². The zero-order valence-electron chi connectivity index (χ0n) is 12.2. The van der Waals surface area contributed by atoms with Gasteiger partial charge in [0, 0.05) is 0 Å². The van der Waals surface area contributed by atoms with E-state index in [0.717, 1.165) is 0 Å². The molecule has 127 valence electrons. The van der Waals surface area contributed by atoms with Crippen LogP contribution in [0.15, 0.2) is 16.2 Å². The molecule has 3 rings (SSSR count). The summed E-state index contributed by atoms with van der Waals surface area (Å²) in [5, 5.41) is 2.61. The van der Waals surface area contributed by atoms with Crippen LogP contribution >= 0.6 is 7.82 Å². The fraction of sp³-hybridized carbons (Fsp3) is 0.500. The van der Waals surface area contributed by atoms with Gasteiger partial charge < -0.3 is 5.73 Å². The van der Waals surface area contributed by atoms with Gasteiger partial charge in [0.1, 0.15) is 0 Å². The number of nitrogens with one attached hydrogen (secondary N) is 1. The Bertz CT molecular complexity index is 869. The Morgan fingerprint density at radius 1 is 1.62 bits per heavy atom. The van der Waals surface area contributed by atoms with E-state index in [1.165, 1.54) is 6.33 Å². The number of aromatic amines is 1. The molecule has 4 N–H and O–H groups in total. The third kappa shape index (κ3) is 3.38. The molecule has 2 aromatic heterocycles. The number of H-pyrrole nitrogens is 1. The molecule has 0 saturated carbocycles. The zero-order chi connectivity index (χ0) is 17.3. The van der Waals surface area contributed by atoms with Crippen molar-refractivity contribution in [3.63, 3.8) is 0 Å². The molecule has 0 amide bonds. The molecule has 24 heavy (non-hydrogen) atoms. The first kappa shape index (κ1) is 16.8. The van der Waals surface area contributed by atoms with Crippen molar-refractivity contribution in [2.75, 3.05) is 12.3 Å². The average Bonchev–Trinajstić information content (AvgIpc) is 3.11. The van der Waals surface area contributed by atoms with Gasteiger partial charge in [0.05, 0.1) is 0 Å². The summed E-state index contributed by atoms with van der Waals surface area (Å²) in [5.41, 5.74) is 5.53. The number of fused-ring (bicyclic) bond motifs is 1. The van der Waals surface area contributed by atoms with Crippen LogP contribution in [-0.4, -0.2) is 44.8 Å². The summed E-state index contributed by atoms with van der Waals surface area (Å²) >= 11 is 0. The molecule has 3 atom stereocenters. The van der Waals surface area contributed by atoms with Crippen molar-refractivity contribution in [2.45, 2.75) is 25.2 Å². The molecule has 0 aromatic carbocycles. The standard InChI is InChI=1S/C10H13BN6O6P/c11-16-23-24(19,20)21-3-5-1-2-6(22-5)17-4-13-7-8(17)14-10(12)15-9(7)18/h4-6H,1-3H2,(H,19,20)(H3,12,14,15,18)/t5-,6+/m0/s1. The number of nitrogens with zero attached hydrogens (tertiary/aromatic N) is 4. The van der Waals surface area contributed by atoms with E-state index in [-0.39, 0.29) is 18.1 Å². The van der Waals surface area contributed by atoms with Crippen molar-refractivity contribution >= 4 is 32.6 Å². The first-order valence-electron chi connectivity index (χ1n) is 6.84. The minimum atomic E-state index is -4.34. The van der Waals surface area contributed by atoms with Gasteiger partial charge >= 0.3 is 119 Å². The van der Waals surface area contributed by atoms with Crippen molar-refractivity contribution in [2.24, 2.45) is 5.06 Å². The molecule has 14 heteroatoms. The molecular formula is C10H13BN6O6P. The van der Waals surface area contributed by atoms with Gasteiger partial charge in [0.25, 0.3) is 0 Å². The van der Waals surface area contributed by atoms with Crippen LogP contribution in [0.1, 0.15) is 19.1 Å². The maximum atomic E-state index is 11.8. The first-order chi connectivity index (χ1) is 11.4. The molecule has 1 radical (unpaired) electrons. The van der Waals surface area contributed by atoms with Crippen molar-refractivity contribution in [3.05, 3.63) is 16.7 Å². The summed E-state index contributed by atoms with van der Waals surface area (Å²) in [6, 6.07) is 0. The number of nitrogen functional groups attached to an aromatic ring is 1. The van der Waals surface area contributed by atoms with Crippen molar-refractivity contribution in [1.82, 2.24) is 19.5 Å². The first-order valence-corrected chi connectivity index (χ1v) is 8.33. The second-order valence-electron chi connectivity index (χ2n) is 5.02. The SMILES string of the molecule is [B]=NOP(=O)(O)OC[C@@H]1CC[C@H](n2cnc3c(=O)[nH]c(N)nc32)O1. The number of imidazole rings is 1.